The van der Waals surface area contributed by atoms with E-state index in [1.165, 1.54) is 28.6 Å². The lowest BCUT2D eigenvalue weighted by Crippen LogP contribution is -2.22. The minimum Gasteiger partial charge on any atom is -0.268 e. The number of aryl methyl sites for hydroxylation is 2. The lowest BCUT2D eigenvalue weighted by atomic mass is 9.97. The zero-order valence-corrected chi connectivity index (χ0v) is 16.4. The number of nitrogens with zero attached hydrogens (tertiary/aromatic N) is 4. The van der Waals surface area contributed by atoms with Gasteiger partial charge in [-0.2, -0.15) is 0 Å². The molecule has 0 fully saturated rings. The van der Waals surface area contributed by atoms with E-state index in [4.69, 9.17) is 11.6 Å². The standard InChI is InChI=1S/C18H15ClN4OS2/c1-25-18-21-20-17-22(11-8-6-10(19)7-9-11)15(24)14-12-4-2-3-5-13(12)26-16(14)23(17)18/h6-9H,2-5H2,1H3. The Balaban J connectivity index is 1.98. The predicted octanol–water partition coefficient (Wildman–Crippen LogP) is 4.35. The van der Waals surface area contributed by atoms with Crippen LogP contribution in [0.1, 0.15) is 23.3 Å². The Morgan fingerprint density at radius 3 is 2.69 bits per heavy atom. The average molecular weight is 403 g/mol. The molecule has 5 rings (SSSR count). The number of fused-ring (bicyclic) bond motifs is 5. The van der Waals surface area contributed by atoms with Gasteiger partial charge in [-0.15, -0.1) is 21.5 Å². The van der Waals surface area contributed by atoms with Gasteiger partial charge in [-0.05, 0) is 61.8 Å². The topological polar surface area (TPSA) is 52.2 Å². The zero-order valence-electron chi connectivity index (χ0n) is 14.0. The van der Waals surface area contributed by atoms with E-state index in [1.54, 1.807) is 28.0 Å². The molecule has 0 saturated heterocycles. The van der Waals surface area contributed by atoms with Crippen LogP contribution in [0.15, 0.2) is 34.2 Å². The summed E-state index contributed by atoms with van der Waals surface area (Å²) in [7, 11) is 0. The number of aromatic nitrogens is 4. The fraction of sp³-hybridized carbons (Fsp3) is 0.278. The summed E-state index contributed by atoms with van der Waals surface area (Å²) in [5.74, 6) is 0.549. The average Bonchev–Trinajstić information content (AvgIpc) is 3.24. The molecule has 0 atom stereocenters. The minimum atomic E-state index is -0.0192. The van der Waals surface area contributed by atoms with E-state index in [-0.39, 0.29) is 5.56 Å². The van der Waals surface area contributed by atoms with E-state index in [1.807, 2.05) is 22.8 Å². The van der Waals surface area contributed by atoms with Gasteiger partial charge in [0.15, 0.2) is 5.16 Å². The van der Waals surface area contributed by atoms with Gasteiger partial charge < -0.3 is 0 Å². The molecular formula is C18H15ClN4OS2. The number of rotatable bonds is 2. The van der Waals surface area contributed by atoms with E-state index in [2.05, 4.69) is 10.2 Å². The molecule has 4 aromatic rings. The molecule has 3 heterocycles. The van der Waals surface area contributed by atoms with Gasteiger partial charge in [-0.3, -0.25) is 4.79 Å². The Bertz CT molecular complexity index is 1210. The summed E-state index contributed by atoms with van der Waals surface area (Å²) in [6.45, 7) is 0. The number of benzene rings is 1. The van der Waals surface area contributed by atoms with Crippen LogP contribution in [0, 0.1) is 0 Å². The molecule has 3 aromatic heterocycles. The maximum atomic E-state index is 13.5. The largest absolute Gasteiger partial charge is 0.268 e. The molecular weight excluding hydrogens is 388 g/mol. The first-order valence-electron chi connectivity index (χ1n) is 8.43. The summed E-state index contributed by atoms with van der Waals surface area (Å²) in [4.78, 5) is 15.8. The first-order chi connectivity index (χ1) is 12.7. The summed E-state index contributed by atoms with van der Waals surface area (Å²) in [5, 5.41) is 10.9. The molecule has 5 nitrogen and oxygen atoms in total. The zero-order chi connectivity index (χ0) is 17.8. The van der Waals surface area contributed by atoms with Crippen molar-refractivity contribution in [2.45, 2.75) is 30.8 Å². The van der Waals surface area contributed by atoms with Gasteiger partial charge in [0.25, 0.3) is 5.56 Å². The molecule has 0 saturated carbocycles. The van der Waals surface area contributed by atoms with Crippen LogP contribution >= 0.6 is 34.7 Å². The maximum Gasteiger partial charge on any atom is 0.268 e. The van der Waals surface area contributed by atoms with Crippen molar-refractivity contribution in [2.24, 2.45) is 0 Å². The molecule has 132 valence electrons. The number of halogens is 1. The molecule has 0 unspecified atom stereocenters. The number of hydrogen-bond donors (Lipinski definition) is 0. The van der Waals surface area contributed by atoms with E-state index < -0.39 is 0 Å². The van der Waals surface area contributed by atoms with E-state index >= 15 is 0 Å². The van der Waals surface area contributed by atoms with Crippen LogP contribution in [0.5, 0.6) is 0 Å². The molecule has 0 amide bonds. The Morgan fingerprint density at radius 1 is 1.15 bits per heavy atom. The Morgan fingerprint density at radius 2 is 1.92 bits per heavy atom. The molecule has 0 N–H and O–H groups in total. The van der Waals surface area contributed by atoms with Crippen molar-refractivity contribution in [1.82, 2.24) is 19.2 Å². The highest BCUT2D eigenvalue weighted by Crippen LogP contribution is 2.36. The number of thiophene rings is 1. The van der Waals surface area contributed by atoms with Crippen molar-refractivity contribution >= 4 is 50.7 Å². The van der Waals surface area contributed by atoms with Gasteiger partial charge in [0.05, 0.1) is 11.1 Å². The smallest absolute Gasteiger partial charge is 0.268 e. The van der Waals surface area contributed by atoms with Crippen molar-refractivity contribution in [3.63, 3.8) is 0 Å². The fourth-order valence-electron chi connectivity index (χ4n) is 3.67. The monoisotopic (exact) mass is 402 g/mol. The van der Waals surface area contributed by atoms with Crippen LogP contribution in [0.3, 0.4) is 0 Å². The third-order valence-electron chi connectivity index (χ3n) is 4.86. The highest BCUT2D eigenvalue weighted by molar-refractivity contribution is 7.98. The number of thioether (sulfide) groups is 1. The molecule has 1 aliphatic carbocycles. The minimum absolute atomic E-state index is 0.0192. The van der Waals surface area contributed by atoms with Crippen molar-refractivity contribution in [3.8, 4) is 5.69 Å². The van der Waals surface area contributed by atoms with Crippen molar-refractivity contribution in [1.29, 1.82) is 0 Å². The van der Waals surface area contributed by atoms with Gasteiger partial charge in [-0.1, -0.05) is 23.4 Å². The van der Waals surface area contributed by atoms with Crippen molar-refractivity contribution in [3.05, 3.63) is 50.1 Å². The summed E-state index contributed by atoms with van der Waals surface area (Å²) in [6, 6.07) is 7.28. The SMILES string of the molecule is CSc1nnc2n(-c3ccc(Cl)cc3)c(=O)c3c4c(sc3n12)CCCC4. The molecule has 0 bridgehead atoms. The van der Waals surface area contributed by atoms with E-state index in [0.717, 1.165) is 40.3 Å². The Labute approximate surface area is 162 Å². The predicted molar refractivity (Wildman–Crippen MR) is 107 cm³/mol. The van der Waals surface area contributed by atoms with Crippen LogP contribution in [-0.2, 0) is 12.8 Å². The lowest BCUT2D eigenvalue weighted by molar-refractivity contribution is 0.699. The lowest BCUT2D eigenvalue weighted by Gasteiger charge is -2.12. The highest BCUT2D eigenvalue weighted by Gasteiger charge is 2.25. The second kappa shape index (κ2) is 6.11. The van der Waals surface area contributed by atoms with Crippen LogP contribution in [0.2, 0.25) is 5.02 Å². The quantitative estimate of drug-likeness (QED) is 0.468. The summed E-state index contributed by atoms with van der Waals surface area (Å²) in [6.07, 6.45) is 6.31. The Kier molecular flexibility index (Phi) is 3.84. The van der Waals surface area contributed by atoms with Crippen molar-refractivity contribution in [2.75, 3.05) is 6.26 Å². The summed E-state index contributed by atoms with van der Waals surface area (Å²) >= 11 is 9.29. The second-order valence-corrected chi connectivity index (χ2v) is 8.62. The normalized spacial score (nSPS) is 14.2. The summed E-state index contributed by atoms with van der Waals surface area (Å²) in [5.41, 5.74) is 1.95. The van der Waals surface area contributed by atoms with Crippen LogP contribution < -0.4 is 5.56 Å². The highest BCUT2D eigenvalue weighted by atomic mass is 35.5. The first-order valence-corrected chi connectivity index (χ1v) is 10.9. The Hall–Kier alpha value is -1.83. The fourth-order valence-corrected chi connectivity index (χ4v) is 5.71. The van der Waals surface area contributed by atoms with Gasteiger partial charge in [-0.25, -0.2) is 8.97 Å². The van der Waals surface area contributed by atoms with Crippen molar-refractivity contribution < 1.29 is 0 Å². The molecule has 8 heteroatoms. The first kappa shape index (κ1) is 16.4. The molecule has 1 aromatic carbocycles. The van der Waals surface area contributed by atoms with Gasteiger partial charge in [0.2, 0.25) is 5.78 Å². The second-order valence-electron chi connectivity index (χ2n) is 6.33. The van der Waals surface area contributed by atoms with Gasteiger partial charge in [0.1, 0.15) is 4.83 Å². The van der Waals surface area contributed by atoms with Crippen LogP contribution in [0.4, 0.5) is 0 Å². The molecule has 1 aliphatic rings. The third kappa shape index (κ3) is 2.27. The summed E-state index contributed by atoms with van der Waals surface area (Å²) < 4.78 is 3.69. The van der Waals surface area contributed by atoms with E-state index in [9.17, 15) is 4.79 Å². The van der Waals surface area contributed by atoms with Crippen LogP contribution in [0.25, 0.3) is 21.7 Å². The molecule has 0 aliphatic heterocycles. The van der Waals surface area contributed by atoms with Gasteiger partial charge >= 0.3 is 0 Å². The molecule has 0 radical (unpaired) electrons. The van der Waals surface area contributed by atoms with Crippen LogP contribution in [-0.4, -0.2) is 25.4 Å². The van der Waals surface area contributed by atoms with Gasteiger partial charge in [0, 0.05) is 9.90 Å². The number of hydrogen-bond acceptors (Lipinski definition) is 5. The third-order valence-corrected chi connectivity index (χ3v) is 7.01. The van der Waals surface area contributed by atoms with E-state index in [0.29, 0.717) is 10.8 Å². The molecule has 0 spiro atoms. The maximum absolute atomic E-state index is 13.5. The molecule has 26 heavy (non-hydrogen) atoms.